The monoisotopic (exact) mass is 162 g/mol. The summed E-state index contributed by atoms with van der Waals surface area (Å²) in [6.45, 7) is 4.18. The first-order chi connectivity index (χ1) is 4.33. The Morgan fingerprint density at radius 1 is 1.30 bits per heavy atom. The van der Waals surface area contributed by atoms with Crippen LogP contribution < -0.4 is 0 Å². The molecule has 0 N–H and O–H groups in total. The lowest BCUT2D eigenvalue weighted by atomic mass is 10.3. The van der Waals surface area contributed by atoms with Gasteiger partial charge in [-0.15, -0.1) is 0 Å². The summed E-state index contributed by atoms with van der Waals surface area (Å²) in [5, 5.41) is 0. The van der Waals surface area contributed by atoms with E-state index in [0.29, 0.717) is 0 Å². The molecule has 0 unspecified atom stereocenters. The molecule has 0 aliphatic heterocycles. The van der Waals surface area contributed by atoms with Gasteiger partial charge >= 0.3 is 0 Å². The molecule has 0 aliphatic carbocycles. The molecule has 0 radical (unpaired) electrons. The normalized spacial score (nSPS) is 11.1. The zero-order valence-electron chi connectivity index (χ0n) is 6.38. The Bertz CT molecular complexity index is 201. The first-order valence-electron chi connectivity index (χ1n) is 2.91. The lowest BCUT2D eigenvalue weighted by Crippen LogP contribution is -2.13. The van der Waals surface area contributed by atoms with Gasteiger partial charge in [-0.25, -0.2) is 0 Å². The topological polar surface area (TPSA) is 51.2 Å². The maximum absolute atomic E-state index is 11.0. The van der Waals surface area contributed by atoms with Crippen LogP contribution in [0.5, 0.6) is 0 Å². The van der Waals surface area contributed by atoms with Crippen molar-refractivity contribution in [3.63, 3.8) is 0 Å². The van der Waals surface area contributed by atoms with Crippen molar-refractivity contribution in [2.45, 2.75) is 6.92 Å². The first kappa shape index (κ1) is 9.57. The number of carbonyl (C=O) groups excluding carboxylic acids is 2. The van der Waals surface area contributed by atoms with E-state index >= 15 is 0 Å². The van der Waals surface area contributed by atoms with Crippen molar-refractivity contribution >= 4 is 18.7 Å². The third-order valence-electron chi connectivity index (χ3n) is 0.917. The number of Topliss-reactive ketones (excluding diaryl/α,β-unsaturated/α-hetero) is 2. The molecule has 0 fully saturated rings. The number of ketones is 2. The second-order valence-electron chi connectivity index (χ2n) is 2.71. The predicted octanol–water partition coefficient (Wildman–Crippen LogP) is 0.767. The van der Waals surface area contributed by atoms with Gasteiger partial charge in [-0.2, -0.15) is 0 Å². The second kappa shape index (κ2) is 3.11. The van der Waals surface area contributed by atoms with Crippen molar-refractivity contribution in [3.8, 4) is 0 Å². The van der Waals surface area contributed by atoms with E-state index in [-0.39, 0.29) is 6.16 Å². The molecule has 0 heterocycles. The molecule has 58 valence electrons. The SMILES string of the molecule is CC(=O)C(=O)CP(C)(C)=O. The Labute approximate surface area is 60.2 Å². The highest BCUT2D eigenvalue weighted by molar-refractivity contribution is 7.63. The van der Waals surface area contributed by atoms with E-state index < -0.39 is 18.7 Å². The molecule has 0 aromatic heterocycles. The minimum Gasteiger partial charge on any atom is -0.324 e. The molecule has 0 aliphatic rings. The fraction of sp³-hybridized carbons (Fsp3) is 0.667. The van der Waals surface area contributed by atoms with Gasteiger partial charge in [0, 0.05) is 6.92 Å². The van der Waals surface area contributed by atoms with Crippen molar-refractivity contribution in [2.75, 3.05) is 19.5 Å². The Hall–Kier alpha value is -0.430. The molecular formula is C6H11O3P. The average molecular weight is 162 g/mol. The van der Waals surface area contributed by atoms with E-state index in [9.17, 15) is 14.2 Å². The molecule has 0 spiro atoms. The van der Waals surface area contributed by atoms with E-state index in [1.54, 1.807) is 0 Å². The number of carbonyl (C=O) groups is 2. The Morgan fingerprint density at radius 2 is 1.70 bits per heavy atom. The molecule has 0 rings (SSSR count). The molecule has 4 heteroatoms. The molecular weight excluding hydrogens is 151 g/mol. The molecule has 0 aromatic rings. The van der Waals surface area contributed by atoms with Gasteiger partial charge in [0.05, 0.1) is 13.3 Å². The van der Waals surface area contributed by atoms with Gasteiger partial charge in [0.1, 0.15) is 0 Å². The smallest absolute Gasteiger partial charge is 0.205 e. The molecule has 0 atom stereocenters. The lowest BCUT2D eigenvalue weighted by Gasteiger charge is -2.01. The van der Waals surface area contributed by atoms with Crippen LogP contribution in [0.15, 0.2) is 0 Å². The summed E-state index contributed by atoms with van der Waals surface area (Å²) < 4.78 is 11.0. The number of rotatable bonds is 3. The largest absolute Gasteiger partial charge is 0.324 e. The van der Waals surface area contributed by atoms with Crippen LogP contribution in [0.1, 0.15) is 6.92 Å². The predicted molar refractivity (Wildman–Crippen MR) is 40.0 cm³/mol. The fourth-order valence-corrected chi connectivity index (χ4v) is 1.37. The Kier molecular flexibility index (Phi) is 2.97. The van der Waals surface area contributed by atoms with E-state index in [4.69, 9.17) is 0 Å². The third kappa shape index (κ3) is 4.45. The number of hydrogen-bond donors (Lipinski definition) is 0. The van der Waals surface area contributed by atoms with Gasteiger partial charge in [0.25, 0.3) is 0 Å². The van der Waals surface area contributed by atoms with Crippen LogP contribution in [0, 0.1) is 0 Å². The standard InChI is InChI=1S/C6H11O3P/c1-5(7)6(8)4-10(2,3)9/h4H2,1-3H3. The van der Waals surface area contributed by atoms with E-state index in [2.05, 4.69) is 0 Å². The maximum Gasteiger partial charge on any atom is 0.205 e. The van der Waals surface area contributed by atoms with E-state index in [0.717, 1.165) is 0 Å². The minimum atomic E-state index is -2.35. The molecule has 0 amide bonds. The molecule has 0 aromatic carbocycles. The van der Waals surface area contributed by atoms with Crippen LogP contribution in [0.2, 0.25) is 0 Å². The van der Waals surface area contributed by atoms with Crippen LogP contribution in [-0.4, -0.2) is 31.1 Å². The zero-order valence-corrected chi connectivity index (χ0v) is 7.27. The quantitative estimate of drug-likeness (QED) is 0.455. The van der Waals surface area contributed by atoms with Crippen molar-refractivity contribution in [1.82, 2.24) is 0 Å². The van der Waals surface area contributed by atoms with Crippen LogP contribution in [0.4, 0.5) is 0 Å². The van der Waals surface area contributed by atoms with E-state index in [1.165, 1.54) is 20.3 Å². The molecule has 0 bridgehead atoms. The van der Waals surface area contributed by atoms with Gasteiger partial charge in [-0.1, -0.05) is 0 Å². The summed E-state index contributed by atoms with van der Waals surface area (Å²) >= 11 is 0. The average Bonchev–Trinajstić information content (AvgIpc) is 1.60. The summed E-state index contributed by atoms with van der Waals surface area (Å²) in [6.07, 6.45) is -0.0949. The highest BCUT2D eigenvalue weighted by atomic mass is 31.2. The van der Waals surface area contributed by atoms with Gasteiger partial charge in [0.2, 0.25) is 5.78 Å². The molecule has 0 saturated carbocycles. The summed E-state index contributed by atoms with van der Waals surface area (Å²) in [6, 6.07) is 0. The summed E-state index contributed by atoms with van der Waals surface area (Å²) in [5.41, 5.74) is 0. The van der Waals surface area contributed by atoms with E-state index in [1.807, 2.05) is 0 Å². The molecule has 0 saturated heterocycles. The van der Waals surface area contributed by atoms with Crippen molar-refractivity contribution < 1.29 is 14.2 Å². The van der Waals surface area contributed by atoms with Crippen molar-refractivity contribution in [1.29, 1.82) is 0 Å². The van der Waals surface area contributed by atoms with Gasteiger partial charge in [-0.3, -0.25) is 9.59 Å². The maximum atomic E-state index is 11.0. The molecule has 3 nitrogen and oxygen atoms in total. The van der Waals surface area contributed by atoms with Crippen LogP contribution in [-0.2, 0) is 14.2 Å². The lowest BCUT2D eigenvalue weighted by molar-refractivity contribution is -0.133. The Balaban J connectivity index is 4.07. The Morgan fingerprint density at radius 3 is 1.80 bits per heavy atom. The van der Waals surface area contributed by atoms with Crippen molar-refractivity contribution in [3.05, 3.63) is 0 Å². The molecule has 10 heavy (non-hydrogen) atoms. The van der Waals surface area contributed by atoms with Crippen molar-refractivity contribution in [2.24, 2.45) is 0 Å². The second-order valence-corrected chi connectivity index (χ2v) is 6.18. The van der Waals surface area contributed by atoms with Gasteiger partial charge in [-0.05, 0) is 13.3 Å². The highest BCUT2D eigenvalue weighted by Gasteiger charge is 2.16. The highest BCUT2D eigenvalue weighted by Crippen LogP contribution is 2.35. The van der Waals surface area contributed by atoms with Crippen LogP contribution >= 0.6 is 7.14 Å². The van der Waals surface area contributed by atoms with Gasteiger partial charge < -0.3 is 4.57 Å². The van der Waals surface area contributed by atoms with Crippen LogP contribution in [0.3, 0.4) is 0 Å². The summed E-state index contributed by atoms with van der Waals surface area (Å²) in [4.78, 5) is 21.0. The minimum absolute atomic E-state index is 0.0949. The van der Waals surface area contributed by atoms with Crippen LogP contribution in [0.25, 0.3) is 0 Å². The fourth-order valence-electron chi connectivity index (χ4n) is 0.457. The van der Waals surface area contributed by atoms with Gasteiger partial charge in [0.15, 0.2) is 5.78 Å². The first-order valence-corrected chi connectivity index (χ1v) is 5.69. The third-order valence-corrected chi connectivity index (χ3v) is 1.97. The zero-order chi connectivity index (χ0) is 8.36. The number of hydrogen-bond acceptors (Lipinski definition) is 3. The summed E-state index contributed by atoms with van der Waals surface area (Å²) in [7, 11) is -2.35. The summed E-state index contributed by atoms with van der Waals surface area (Å²) in [5.74, 6) is -1.04.